The summed E-state index contributed by atoms with van der Waals surface area (Å²) >= 11 is 1.30. The summed E-state index contributed by atoms with van der Waals surface area (Å²) in [6, 6.07) is 16.4. The number of carbonyl (C=O) groups excluding carboxylic acids is 1. The number of rotatable bonds is 5. The van der Waals surface area contributed by atoms with Gasteiger partial charge in [0.15, 0.2) is 4.80 Å². The molecule has 31 heavy (non-hydrogen) atoms. The van der Waals surface area contributed by atoms with Gasteiger partial charge in [-0.1, -0.05) is 53.8 Å². The van der Waals surface area contributed by atoms with Gasteiger partial charge >= 0.3 is 5.97 Å². The highest BCUT2D eigenvalue weighted by molar-refractivity contribution is 7.07. The van der Waals surface area contributed by atoms with Crippen molar-refractivity contribution in [3.8, 4) is 5.75 Å². The van der Waals surface area contributed by atoms with Gasteiger partial charge in [0.25, 0.3) is 5.56 Å². The fourth-order valence-electron chi connectivity index (χ4n) is 3.62. The summed E-state index contributed by atoms with van der Waals surface area (Å²) in [6.45, 7) is 3.79. The van der Waals surface area contributed by atoms with Crippen LogP contribution >= 0.6 is 11.3 Å². The molecule has 0 N–H and O–H groups in total. The summed E-state index contributed by atoms with van der Waals surface area (Å²) in [4.78, 5) is 31.4. The third-order valence-electron chi connectivity index (χ3n) is 5.02. The molecule has 6 nitrogen and oxygen atoms in total. The van der Waals surface area contributed by atoms with E-state index in [1.165, 1.54) is 11.3 Å². The number of hydrogen-bond acceptors (Lipinski definition) is 6. The Bertz CT molecular complexity index is 1340. The summed E-state index contributed by atoms with van der Waals surface area (Å²) in [5, 5.41) is 0. The first-order valence-electron chi connectivity index (χ1n) is 9.92. The van der Waals surface area contributed by atoms with Crippen molar-refractivity contribution in [1.29, 1.82) is 0 Å². The maximum absolute atomic E-state index is 13.5. The van der Waals surface area contributed by atoms with Gasteiger partial charge in [-0.25, -0.2) is 9.79 Å². The third-order valence-corrected chi connectivity index (χ3v) is 6.01. The molecule has 158 valence electrons. The van der Waals surface area contributed by atoms with Gasteiger partial charge in [0.2, 0.25) is 0 Å². The molecule has 0 fully saturated rings. The molecule has 3 aromatic rings. The number of carbonyl (C=O) groups is 1. The van der Waals surface area contributed by atoms with E-state index in [0.717, 1.165) is 11.1 Å². The second kappa shape index (κ2) is 8.73. The smallest absolute Gasteiger partial charge is 0.338 e. The Kier molecular flexibility index (Phi) is 5.86. The normalized spacial score (nSPS) is 16.0. The van der Waals surface area contributed by atoms with Crippen LogP contribution in [0.2, 0.25) is 0 Å². The molecule has 0 saturated carbocycles. The maximum atomic E-state index is 13.5. The molecule has 0 saturated heterocycles. The largest absolute Gasteiger partial charge is 0.497 e. The highest BCUT2D eigenvalue weighted by atomic mass is 32.1. The van der Waals surface area contributed by atoms with E-state index in [4.69, 9.17) is 9.47 Å². The van der Waals surface area contributed by atoms with Crippen LogP contribution < -0.4 is 19.6 Å². The average molecular weight is 435 g/mol. The van der Waals surface area contributed by atoms with Gasteiger partial charge in [-0.05, 0) is 43.2 Å². The van der Waals surface area contributed by atoms with Crippen molar-refractivity contribution in [2.45, 2.75) is 19.9 Å². The molecule has 1 unspecified atom stereocenters. The van der Waals surface area contributed by atoms with Crippen molar-refractivity contribution in [1.82, 2.24) is 4.57 Å². The topological polar surface area (TPSA) is 69.9 Å². The number of esters is 1. The second-order valence-electron chi connectivity index (χ2n) is 6.99. The number of allylic oxidation sites excluding steroid dienone is 1. The maximum Gasteiger partial charge on any atom is 0.338 e. The predicted octanol–water partition coefficient (Wildman–Crippen LogP) is 2.81. The number of methoxy groups -OCH3 is 1. The predicted molar refractivity (Wildman–Crippen MR) is 120 cm³/mol. The number of thiazole rings is 1. The Balaban J connectivity index is 1.94. The van der Waals surface area contributed by atoms with Crippen molar-refractivity contribution in [3.63, 3.8) is 0 Å². The van der Waals surface area contributed by atoms with Crippen molar-refractivity contribution in [2.24, 2.45) is 4.99 Å². The monoisotopic (exact) mass is 434 g/mol. The molecule has 2 heterocycles. The van der Waals surface area contributed by atoms with Gasteiger partial charge in [-0.3, -0.25) is 9.36 Å². The third kappa shape index (κ3) is 3.96. The number of ether oxygens (including phenoxy) is 2. The lowest BCUT2D eigenvalue weighted by atomic mass is 9.96. The minimum Gasteiger partial charge on any atom is -0.497 e. The molecule has 0 spiro atoms. The van der Waals surface area contributed by atoms with E-state index in [1.54, 1.807) is 25.5 Å². The zero-order valence-electron chi connectivity index (χ0n) is 17.5. The minimum absolute atomic E-state index is 0.199. The Morgan fingerprint density at radius 2 is 1.97 bits per heavy atom. The fraction of sp³-hybridized carbons (Fsp3) is 0.208. The van der Waals surface area contributed by atoms with E-state index < -0.39 is 12.0 Å². The van der Waals surface area contributed by atoms with Crippen LogP contribution in [0.3, 0.4) is 0 Å². The number of fused-ring (bicyclic) bond motifs is 1. The van der Waals surface area contributed by atoms with Gasteiger partial charge < -0.3 is 9.47 Å². The minimum atomic E-state index is -0.594. The lowest BCUT2D eigenvalue weighted by Gasteiger charge is -2.24. The molecule has 1 atom stereocenters. The quantitative estimate of drug-likeness (QED) is 0.579. The lowest BCUT2D eigenvalue weighted by Crippen LogP contribution is -2.39. The van der Waals surface area contributed by atoms with E-state index >= 15 is 0 Å². The van der Waals surface area contributed by atoms with Gasteiger partial charge in [-0.2, -0.15) is 0 Å². The van der Waals surface area contributed by atoms with Crippen LogP contribution in [0.4, 0.5) is 0 Å². The van der Waals surface area contributed by atoms with Gasteiger partial charge in [0.05, 0.1) is 35.6 Å². The number of aromatic nitrogens is 1. The van der Waals surface area contributed by atoms with E-state index in [9.17, 15) is 9.59 Å². The molecule has 4 rings (SSSR count). The zero-order valence-corrected chi connectivity index (χ0v) is 18.3. The molecule has 1 aromatic heterocycles. The average Bonchev–Trinajstić information content (AvgIpc) is 3.08. The Morgan fingerprint density at radius 1 is 1.19 bits per heavy atom. The lowest BCUT2D eigenvalue weighted by molar-refractivity contribution is -0.139. The summed E-state index contributed by atoms with van der Waals surface area (Å²) in [5.41, 5.74) is 2.42. The van der Waals surface area contributed by atoms with E-state index in [0.29, 0.717) is 26.4 Å². The summed E-state index contributed by atoms with van der Waals surface area (Å²) < 4.78 is 12.7. The highest BCUT2D eigenvalue weighted by Crippen LogP contribution is 2.30. The molecular weight excluding hydrogens is 412 g/mol. The summed E-state index contributed by atoms with van der Waals surface area (Å²) in [5.74, 6) is 0.254. The molecule has 1 aliphatic heterocycles. The zero-order chi connectivity index (χ0) is 22.0. The van der Waals surface area contributed by atoms with Gasteiger partial charge in [-0.15, -0.1) is 0 Å². The first kappa shape index (κ1) is 20.8. The van der Waals surface area contributed by atoms with E-state index in [1.807, 2.05) is 60.7 Å². The van der Waals surface area contributed by atoms with Crippen LogP contribution in [0.1, 0.15) is 31.0 Å². The number of benzene rings is 2. The van der Waals surface area contributed by atoms with Crippen LogP contribution in [0, 0.1) is 0 Å². The summed E-state index contributed by atoms with van der Waals surface area (Å²) in [7, 11) is 1.60. The molecule has 0 amide bonds. The van der Waals surface area contributed by atoms with Crippen molar-refractivity contribution in [2.75, 3.05) is 13.7 Å². The molecule has 0 bridgehead atoms. The second-order valence-corrected chi connectivity index (χ2v) is 8.00. The molecule has 2 aromatic carbocycles. The fourth-order valence-corrected chi connectivity index (χ4v) is 4.67. The Morgan fingerprint density at radius 3 is 2.68 bits per heavy atom. The van der Waals surface area contributed by atoms with Crippen LogP contribution in [0.25, 0.3) is 6.08 Å². The van der Waals surface area contributed by atoms with Crippen LogP contribution in [-0.4, -0.2) is 24.3 Å². The number of nitrogens with zero attached hydrogens (tertiary/aromatic N) is 2. The Hall–Kier alpha value is -3.45. The van der Waals surface area contributed by atoms with Crippen molar-refractivity contribution >= 4 is 23.4 Å². The van der Waals surface area contributed by atoms with Crippen LogP contribution in [-0.2, 0) is 9.53 Å². The molecule has 0 aliphatic carbocycles. The van der Waals surface area contributed by atoms with Crippen LogP contribution in [0.15, 0.2) is 75.7 Å². The standard InChI is InChI=1S/C24H22N2O4S/c1-4-30-23(28)20-15(2)25-24-26(21(20)17-10-6-5-7-11-17)22(27)19(31-24)14-16-9-8-12-18(13-16)29-3/h5-14,21H,4H2,1-3H3. The van der Waals surface area contributed by atoms with E-state index in [-0.39, 0.29) is 12.2 Å². The highest BCUT2D eigenvalue weighted by Gasteiger charge is 2.33. The number of hydrogen-bond donors (Lipinski definition) is 0. The van der Waals surface area contributed by atoms with Gasteiger partial charge in [0.1, 0.15) is 5.75 Å². The SMILES string of the molecule is CCOC(=O)C1=C(C)N=c2sc(=Cc3cccc(OC)c3)c(=O)n2C1c1ccccc1. The molecule has 1 aliphatic rings. The first-order valence-corrected chi connectivity index (χ1v) is 10.7. The van der Waals surface area contributed by atoms with Gasteiger partial charge in [0, 0.05) is 0 Å². The molecule has 0 radical (unpaired) electrons. The summed E-state index contributed by atoms with van der Waals surface area (Å²) in [6.07, 6.45) is 1.82. The Labute approximate surface area is 183 Å². The first-order chi connectivity index (χ1) is 15.0. The van der Waals surface area contributed by atoms with Crippen LogP contribution in [0.5, 0.6) is 5.75 Å². The van der Waals surface area contributed by atoms with Crippen molar-refractivity contribution in [3.05, 3.63) is 96.7 Å². The van der Waals surface area contributed by atoms with E-state index in [2.05, 4.69) is 4.99 Å². The molecular formula is C24H22N2O4S. The molecule has 7 heteroatoms. The van der Waals surface area contributed by atoms with Crippen molar-refractivity contribution < 1.29 is 14.3 Å².